The van der Waals surface area contributed by atoms with E-state index in [4.69, 9.17) is 4.74 Å². The Balaban J connectivity index is 2.17. The number of benzene rings is 1. The summed E-state index contributed by atoms with van der Waals surface area (Å²) in [6, 6.07) is 7.83. The van der Waals surface area contributed by atoms with Crippen molar-refractivity contribution in [3.8, 4) is 0 Å². The van der Waals surface area contributed by atoms with Gasteiger partial charge in [0.1, 0.15) is 6.61 Å². The van der Waals surface area contributed by atoms with E-state index in [1.54, 1.807) is 0 Å². The molecule has 0 aliphatic carbocycles. The molecular formula is C15H21NO3. The van der Waals surface area contributed by atoms with E-state index < -0.39 is 0 Å². The third-order valence-corrected chi connectivity index (χ3v) is 2.65. The van der Waals surface area contributed by atoms with Crippen LogP contribution in [-0.2, 0) is 20.9 Å². The van der Waals surface area contributed by atoms with Crippen molar-refractivity contribution in [2.24, 2.45) is 0 Å². The fourth-order valence-corrected chi connectivity index (χ4v) is 1.54. The van der Waals surface area contributed by atoms with Crippen LogP contribution in [0.3, 0.4) is 0 Å². The van der Waals surface area contributed by atoms with Gasteiger partial charge in [-0.2, -0.15) is 0 Å². The summed E-state index contributed by atoms with van der Waals surface area (Å²) in [5.74, 6) is -0.314. The highest BCUT2D eigenvalue weighted by atomic mass is 16.5. The van der Waals surface area contributed by atoms with Gasteiger partial charge in [0.05, 0.1) is 6.42 Å². The maximum Gasteiger partial charge on any atom is 0.307 e. The van der Waals surface area contributed by atoms with Crippen molar-refractivity contribution >= 4 is 11.9 Å². The Morgan fingerprint density at radius 3 is 2.47 bits per heavy atom. The molecular weight excluding hydrogens is 242 g/mol. The molecule has 1 amide bonds. The smallest absolute Gasteiger partial charge is 0.307 e. The summed E-state index contributed by atoms with van der Waals surface area (Å²) in [4.78, 5) is 22.6. The summed E-state index contributed by atoms with van der Waals surface area (Å²) in [6.07, 6.45) is 1.52. The second-order valence-electron chi connectivity index (χ2n) is 4.50. The van der Waals surface area contributed by atoms with Gasteiger partial charge in [-0.1, -0.05) is 36.8 Å². The van der Waals surface area contributed by atoms with Gasteiger partial charge in [0.2, 0.25) is 5.91 Å². The predicted molar refractivity (Wildman–Crippen MR) is 73.5 cm³/mol. The average Bonchev–Trinajstić information content (AvgIpc) is 2.38. The van der Waals surface area contributed by atoms with E-state index in [-0.39, 0.29) is 24.9 Å². The van der Waals surface area contributed by atoms with Gasteiger partial charge in [0, 0.05) is 13.0 Å². The van der Waals surface area contributed by atoms with Crippen LogP contribution in [0, 0.1) is 6.92 Å². The van der Waals surface area contributed by atoms with E-state index in [9.17, 15) is 9.59 Å². The van der Waals surface area contributed by atoms with Crippen molar-refractivity contribution < 1.29 is 14.3 Å². The van der Waals surface area contributed by atoms with Gasteiger partial charge in [0.25, 0.3) is 0 Å². The van der Waals surface area contributed by atoms with E-state index >= 15 is 0 Å². The molecule has 1 aromatic rings. The largest absolute Gasteiger partial charge is 0.461 e. The number of ether oxygens (including phenoxy) is 1. The number of hydrogen-bond donors (Lipinski definition) is 1. The van der Waals surface area contributed by atoms with Crippen molar-refractivity contribution in [2.45, 2.75) is 39.7 Å². The lowest BCUT2D eigenvalue weighted by atomic mass is 10.2. The summed E-state index contributed by atoms with van der Waals surface area (Å²) in [5.41, 5.74) is 2.14. The molecule has 0 fully saturated rings. The second kappa shape index (κ2) is 8.29. The molecule has 0 spiro atoms. The third kappa shape index (κ3) is 6.60. The Morgan fingerprint density at radius 1 is 1.16 bits per heavy atom. The molecule has 0 radical (unpaired) electrons. The zero-order chi connectivity index (χ0) is 14.1. The van der Waals surface area contributed by atoms with E-state index in [1.165, 1.54) is 5.56 Å². The van der Waals surface area contributed by atoms with Gasteiger partial charge in [-0.25, -0.2) is 0 Å². The van der Waals surface area contributed by atoms with E-state index in [2.05, 4.69) is 5.32 Å². The number of carbonyl (C=O) groups is 2. The lowest BCUT2D eigenvalue weighted by Gasteiger charge is -2.06. The molecule has 104 valence electrons. The minimum Gasteiger partial charge on any atom is -0.461 e. The second-order valence-corrected chi connectivity index (χ2v) is 4.50. The molecule has 19 heavy (non-hydrogen) atoms. The molecule has 0 unspecified atom stereocenters. The van der Waals surface area contributed by atoms with Crippen LogP contribution in [0.25, 0.3) is 0 Å². The molecule has 0 saturated carbocycles. The number of nitrogens with one attached hydrogen (secondary N) is 1. The van der Waals surface area contributed by atoms with Crippen LogP contribution in [0.1, 0.15) is 37.3 Å². The van der Waals surface area contributed by atoms with Crippen LogP contribution in [0.5, 0.6) is 0 Å². The van der Waals surface area contributed by atoms with Gasteiger partial charge < -0.3 is 10.1 Å². The minimum atomic E-state index is -0.294. The Morgan fingerprint density at radius 2 is 1.84 bits per heavy atom. The Labute approximate surface area is 114 Å². The predicted octanol–water partition coefficient (Wildman–Crippen LogP) is 2.34. The summed E-state index contributed by atoms with van der Waals surface area (Å²) in [7, 11) is 0. The summed E-state index contributed by atoms with van der Waals surface area (Å²) >= 11 is 0. The molecule has 4 heteroatoms. The monoisotopic (exact) mass is 263 g/mol. The molecule has 0 bridgehead atoms. The molecule has 1 rings (SSSR count). The van der Waals surface area contributed by atoms with Crippen LogP contribution in [0.4, 0.5) is 0 Å². The molecule has 0 saturated heterocycles. The van der Waals surface area contributed by atoms with Crippen LogP contribution in [0.15, 0.2) is 24.3 Å². The first-order chi connectivity index (χ1) is 9.11. The molecule has 0 aliphatic heterocycles. The molecule has 0 atom stereocenters. The number of hydrogen-bond acceptors (Lipinski definition) is 3. The zero-order valence-corrected chi connectivity index (χ0v) is 11.6. The topological polar surface area (TPSA) is 55.4 Å². The number of aryl methyl sites for hydroxylation is 1. The first-order valence-corrected chi connectivity index (χ1v) is 6.59. The van der Waals surface area contributed by atoms with Crippen molar-refractivity contribution in [1.29, 1.82) is 0 Å². The highest BCUT2D eigenvalue weighted by Gasteiger charge is 2.05. The van der Waals surface area contributed by atoms with Gasteiger partial charge in [-0.3, -0.25) is 9.59 Å². The highest BCUT2D eigenvalue weighted by molar-refractivity contribution is 5.76. The molecule has 0 heterocycles. The van der Waals surface area contributed by atoms with E-state index in [0.717, 1.165) is 12.0 Å². The van der Waals surface area contributed by atoms with Gasteiger partial charge >= 0.3 is 5.97 Å². The summed E-state index contributed by atoms with van der Waals surface area (Å²) in [6.45, 7) is 4.57. The third-order valence-electron chi connectivity index (χ3n) is 2.65. The number of esters is 1. The van der Waals surface area contributed by atoms with Crippen molar-refractivity contribution in [3.63, 3.8) is 0 Å². The minimum absolute atomic E-state index is 0.0196. The number of carbonyl (C=O) groups excluding carboxylic acids is 2. The lowest BCUT2D eigenvalue weighted by Crippen LogP contribution is -2.26. The Kier molecular flexibility index (Phi) is 6.64. The lowest BCUT2D eigenvalue weighted by molar-refractivity contribution is -0.144. The standard InChI is InChI=1S/C15H21NO3/c1-3-4-14(17)16-10-9-15(18)19-11-13-7-5-12(2)6-8-13/h5-8H,3-4,9-11H2,1-2H3,(H,16,17). The van der Waals surface area contributed by atoms with Gasteiger partial charge in [0.15, 0.2) is 0 Å². The number of amides is 1. The molecule has 0 aromatic heterocycles. The van der Waals surface area contributed by atoms with E-state index in [1.807, 2.05) is 38.1 Å². The zero-order valence-electron chi connectivity index (χ0n) is 11.6. The van der Waals surface area contributed by atoms with Crippen LogP contribution in [-0.4, -0.2) is 18.4 Å². The molecule has 1 aromatic carbocycles. The van der Waals surface area contributed by atoms with Crippen molar-refractivity contribution in [3.05, 3.63) is 35.4 Å². The molecule has 4 nitrogen and oxygen atoms in total. The van der Waals surface area contributed by atoms with Gasteiger partial charge in [-0.05, 0) is 18.9 Å². The maximum atomic E-state index is 11.4. The fraction of sp³-hybridized carbons (Fsp3) is 0.467. The Bertz CT molecular complexity index is 412. The SMILES string of the molecule is CCCC(=O)NCCC(=O)OCc1ccc(C)cc1. The normalized spacial score (nSPS) is 10.0. The maximum absolute atomic E-state index is 11.4. The molecule has 0 aliphatic rings. The number of rotatable bonds is 7. The molecule has 1 N–H and O–H groups in total. The van der Waals surface area contributed by atoms with Crippen LogP contribution < -0.4 is 5.32 Å². The van der Waals surface area contributed by atoms with E-state index in [0.29, 0.717) is 13.0 Å². The highest BCUT2D eigenvalue weighted by Crippen LogP contribution is 2.05. The average molecular weight is 263 g/mol. The summed E-state index contributed by atoms with van der Waals surface area (Å²) in [5, 5.41) is 2.68. The van der Waals surface area contributed by atoms with Crippen LogP contribution in [0.2, 0.25) is 0 Å². The van der Waals surface area contributed by atoms with Crippen molar-refractivity contribution in [2.75, 3.05) is 6.54 Å². The summed E-state index contributed by atoms with van der Waals surface area (Å²) < 4.78 is 5.12. The Hall–Kier alpha value is -1.84. The quantitative estimate of drug-likeness (QED) is 0.768. The fourth-order valence-electron chi connectivity index (χ4n) is 1.54. The first-order valence-electron chi connectivity index (χ1n) is 6.59. The van der Waals surface area contributed by atoms with Gasteiger partial charge in [-0.15, -0.1) is 0 Å². The van der Waals surface area contributed by atoms with Crippen LogP contribution >= 0.6 is 0 Å². The van der Waals surface area contributed by atoms with Crippen molar-refractivity contribution in [1.82, 2.24) is 5.32 Å². The first kappa shape index (κ1) is 15.2.